The summed E-state index contributed by atoms with van der Waals surface area (Å²) in [5.74, 6) is 1.33. The maximum absolute atomic E-state index is 13.0. The Morgan fingerprint density at radius 3 is 2.35 bits per heavy atom. The molecular formula is C20H31NO2. The molecule has 0 bridgehead atoms. The summed E-state index contributed by atoms with van der Waals surface area (Å²) >= 11 is 0. The highest BCUT2D eigenvalue weighted by Crippen LogP contribution is 2.50. The highest BCUT2D eigenvalue weighted by atomic mass is 16.5. The molecule has 0 heterocycles. The zero-order valence-electron chi connectivity index (χ0n) is 14.8. The largest absolute Gasteiger partial charge is 0.415 e. The Hall–Kier alpha value is -1.30. The van der Waals surface area contributed by atoms with Crippen LogP contribution in [0.15, 0.2) is 11.8 Å². The molecular weight excluding hydrogens is 286 g/mol. The molecule has 0 saturated heterocycles. The van der Waals surface area contributed by atoms with Crippen LogP contribution in [0.5, 0.6) is 0 Å². The number of esters is 1. The number of ether oxygens (including phenoxy) is 1. The molecule has 0 amide bonds. The number of carbonyl (C=O) groups is 1. The highest BCUT2D eigenvalue weighted by molar-refractivity contribution is 5.78. The average Bonchev–Trinajstić information content (AvgIpc) is 2.61. The van der Waals surface area contributed by atoms with E-state index in [1.165, 1.54) is 25.7 Å². The van der Waals surface area contributed by atoms with E-state index in [1.807, 2.05) is 13.0 Å². The Balaban J connectivity index is 2.14. The Morgan fingerprint density at radius 2 is 1.83 bits per heavy atom. The van der Waals surface area contributed by atoms with Gasteiger partial charge in [0, 0.05) is 0 Å². The summed E-state index contributed by atoms with van der Waals surface area (Å²) in [5, 5.41) is 9.17. The van der Waals surface area contributed by atoms with E-state index < -0.39 is 0 Å². The van der Waals surface area contributed by atoms with Gasteiger partial charge in [0.25, 0.3) is 0 Å². The number of hydrogen-bond donors (Lipinski definition) is 0. The fraction of sp³-hybridized carbons (Fsp3) is 0.800. The standard InChI is InChI=1S/C20H31NO2/c1-3-8-18(15-21)23-19(22)20(13-6-5-7-14-20)17-11-9-16(4-2)10-12-17/h8,16-17H,3-7,9-14H2,1-2H3/b18-8-. The van der Waals surface area contributed by atoms with E-state index in [9.17, 15) is 4.79 Å². The molecule has 0 unspecified atom stereocenters. The van der Waals surface area contributed by atoms with Crippen LogP contribution in [0, 0.1) is 28.6 Å². The van der Waals surface area contributed by atoms with Gasteiger partial charge in [-0.05, 0) is 50.0 Å². The molecule has 3 nitrogen and oxygen atoms in total. The molecule has 128 valence electrons. The van der Waals surface area contributed by atoms with Crippen molar-refractivity contribution in [1.82, 2.24) is 0 Å². The molecule has 0 aromatic rings. The van der Waals surface area contributed by atoms with E-state index in [2.05, 4.69) is 6.92 Å². The molecule has 0 atom stereocenters. The third-order valence-corrected chi connectivity index (χ3v) is 6.06. The van der Waals surface area contributed by atoms with E-state index in [4.69, 9.17) is 10.00 Å². The third-order valence-electron chi connectivity index (χ3n) is 6.06. The van der Waals surface area contributed by atoms with E-state index in [0.717, 1.165) is 44.4 Å². The monoisotopic (exact) mass is 317 g/mol. The Morgan fingerprint density at radius 1 is 1.17 bits per heavy atom. The maximum Gasteiger partial charge on any atom is 0.318 e. The van der Waals surface area contributed by atoms with Crippen LogP contribution in [-0.2, 0) is 9.53 Å². The van der Waals surface area contributed by atoms with Crippen molar-refractivity contribution >= 4 is 5.97 Å². The topological polar surface area (TPSA) is 50.1 Å². The first kappa shape index (κ1) is 18.0. The van der Waals surface area contributed by atoms with Crippen molar-refractivity contribution in [2.45, 2.75) is 84.5 Å². The summed E-state index contributed by atoms with van der Waals surface area (Å²) in [5.41, 5.74) is -0.333. The summed E-state index contributed by atoms with van der Waals surface area (Å²) in [7, 11) is 0. The van der Waals surface area contributed by atoms with Gasteiger partial charge in [0.05, 0.1) is 5.41 Å². The molecule has 2 aliphatic rings. The van der Waals surface area contributed by atoms with Crippen LogP contribution >= 0.6 is 0 Å². The van der Waals surface area contributed by atoms with Crippen LogP contribution in [0.3, 0.4) is 0 Å². The first-order valence-corrected chi connectivity index (χ1v) is 9.48. The minimum Gasteiger partial charge on any atom is -0.415 e. The van der Waals surface area contributed by atoms with Crippen LogP contribution in [0.2, 0.25) is 0 Å². The molecule has 2 saturated carbocycles. The van der Waals surface area contributed by atoms with Gasteiger partial charge in [0.15, 0.2) is 0 Å². The Kier molecular flexibility index (Phi) is 6.69. The van der Waals surface area contributed by atoms with Crippen molar-refractivity contribution in [3.63, 3.8) is 0 Å². The Bertz CT molecular complexity index is 461. The zero-order valence-corrected chi connectivity index (χ0v) is 14.8. The minimum atomic E-state index is -0.333. The van der Waals surface area contributed by atoms with Gasteiger partial charge < -0.3 is 4.74 Å². The first-order valence-electron chi connectivity index (χ1n) is 9.48. The summed E-state index contributed by atoms with van der Waals surface area (Å²) in [6.45, 7) is 4.22. The van der Waals surface area contributed by atoms with Crippen molar-refractivity contribution < 1.29 is 9.53 Å². The van der Waals surface area contributed by atoms with Crippen LogP contribution in [0.1, 0.15) is 84.5 Å². The number of hydrogen-bond acceptors (Lipinski definition) is 3. The van der Waals surface area contributed by atoms with Crippen molar-refractivity contribution in [3.8, 4) is 6.07 Å². The quantitative estimate of drug-likeness (QED) is 0.381. The second-order valence-corrected chi connectivity index (χ2v) is 7.32. The van der Waals surface area contributed by atoms with Gasteiger partial charge >= 0.3 is 5.97 Å². The fourth-order valence-electron chi connectivity index (χ4n) is 4.58. The lowest BCUT2D eigenvalue weighted by atomic mass is 9.60. The third kappa shape index (κ3) is 4.16. The predicted octanol–water partition coefficient (Wildman–Crippen LogP) is 5.51. The molecule has 2 aliphatic carbocycles. The SMILES string of the molecule is CC/C=C(/C#N)OC(=O)C1(C2CCC(CC)CC2)CCCCC1. The van der Waals surface area contributed by atoms with Gasteiger partial charge in [-0.1, -0.05) is 52.4 Å². The molecule has 0 aromatic carbocycles. The molecule has 3 heteroatoms. The predicted molar refractivity (Wildman–Crippen MR) is 91.3 cm³/mol. The van der Waals surface area contributed by atoms with Gasteiger partial charge in [0.2, 0.25) is 5.76 Å². The first-order chi connectivity index (χ1) is 11.2. The van der Waals surface area contributed by atoms with Crippen LogP contribution in [-0.4, -0.2) is 5.97 Å². The lowest BCUT2D eigenvalue weighted by Crippen LogP contribution is -2.43. The molecule has 0 aliphatic heterocycles. The maximum atomic E-state index is 13.0. The molecule has 0 radical (unpaired) electrons. The zero-order chi connectivity index (χ0) is 16.7. The van der Waals surface area contributed by atoms with Gasteiger partial charge in [-0.2, -0.15) is 5.26 Å². The fourth-order valence-corrected chi connectivity index (χ4v) is 4.58. The molecule has 2 rings (SSSR count). The average molecular weight is 317 g/mol. The van der Waals surface area contributed by atoms with Crippen molar-refractivity contribution in [2.24, 2.45) is 17.3 Å². The van der Waals surface area contributed by atoms with E-state index >= 15 is 0 Å². The molecule has 2 fully saturated rings. The summed E-state index contributed by atoms with van der Waals surface area (Å²) < 4.78 is 5.55. The number of nitrogens with zero attached hydrogens (tertiary/aromatic N) is 1. The lowest BCUT2D eigenvalue weighted by molar-refractivity contribution is -0.159. The second-order valence-electron chi connectivity index (χ2n) is 7.32. The summed E-state index contributed by atoms with van der Waals surface area (Å²) in [4.78, 5) is 13.0. The van der Waals surface area contributed by atoms with Crippen LogP contribution in [0.25, 0.3) is 0 Å². The molecule has 0 spiro atoms. The van der Waals surface area contributed by atoms with Crippen molar-refractivity contribution in [3.05, 3.63) is 11.8 Å². The van der Waals surface area contributed by atoms with Crippen molar-refractivity contribution in [1.29, 1.82) is 5.26 Å². The Labute approximate surface area is 141 Å². The summed E-state index contributed by atoms with van der Waals surface area (Å²) in [6.07, 6.45) is 13.8. The second kappa shape index (κ2) is 8.52. The van der Waals surface area contributed by atoms with Gasteiger partial charge in [-0.25, -0.2) is 0 Å². The molecule has 23 heavy (non-hydrogen) atoms. The van der Waals surface area contributed by atoms with Crippen molar-refractivity contribution in [2.75, 3.05) is 0 Å². The van der Waals surface area contributed by atoms with E-state index in [-0.39, 0.29) is 17.1 Å². The number of rotatable bonds is 5. The van der Waals surface area contributed by atoms with Crippen LogP contribution in [0.4, 0.5) is 0 Å². The summed E-state index contributed by atoms with van der Waals surface area (Å²) in [6, 6.07) is 2.03. The van der Waals surface area contributed by atoms with Crippen LogP contribution < -0.4 is 0 Å². The number of allylic oxidation sites excluding steroid dienone is 2. The minimum absolute atomic E-state index is 0.126. The van der Waals surface area contributed by atoms with Gasteiger partial charge in [-0.15, -0.1) is 0 Å². The smallest absolute Gasteiger partial charge is 0.318 e. The molecule has 0 N–H and O–H groups in total. The molecule has 0 aromatic heterocycles. The highest BCUT2D eigenvalue weighted by Gasteiger charge is 2.48. The number of nitriles is 1. The normalized spacial score (nSPS) is 28.0. The van der Waals surface area contributed by atoms with E-state index in [1.54, 1.807) is 6.08 Å². The van der Waals surface area contributed by atoms with E-state index in [0.29, 0.717) is 12.3 Å². The number of carbonyl (C=O) groups excluding carboxylic acids is 1. The lowest BCUT2D eigenvalue weighted by Gasteiger charge is -2.44. The van der Waals surface area contributed by atoms with Gasteiger partial charge in [0.1, 0.15) is 6.07 Å². The van der Waals surface area contributed by atoms with Gasteiger partial charge in [-0.3, -0.25) is 4.79 Å².